The third-order valence-corrected chi connectivity index (χ3v) is 3.32. The Morgan fingerprint density at radius 2 is 2.00 bits per heavy atom. The minimum Gasteiger partial charge on any atom is -0.508 e. The van der Waals surface area contributed by atoms with Gasteiger partial charge in [0.25, 0.3) is 5.91 Å². The molecule has 2 rings (SSSR count). The molecule has 1 amide bonds. The number of rotatable bonds is 6. The molecule has 0 saturated carbocycles. The molecule has 2 aromatic rings. The van der Waals surface area contributed by atoms with E-state index in [4.69, 9.17) is 10.5 Å². The second kappa shape index (κ2) is 7.98. The summed E-state index contributed by atoms with van der Waals surface area (Å²) < 4.78 is 4.99. The average molecular weight is 329 g/mol. The van der Waals surface area contributed by atoms with Gasteiger partial charge in [-0.3, -0.25) is 4.79 Å². The standard InChI is InChI=1S/C17H19N3O4/c1-24-16-9-12(4-7-15(16)22)10-19-20-17(23)14(18)8-11-2-5-13(21)6-3-11/h2-7,9-10,14,21-22H,8,18H2,1H3,(H,20,23)/b19-10+/t14-/m1/s1. The zero-order valence-electron chi connectivity index (χ0n) is 13.1. The van der Waals surface area contributed by atoms with Crippen LogP contribution in [0.25, 0.3) is 0 Å². The van der Waals surface area contributed by atoms with Gasteiger partial charge in [0.1, 0.15) is 5.75 Å². The van der Waals surface area contributed by atoms with Gasteiger partial charge in [-0.05, 0) is 47.9 Å². The van der Waals surface area contributed by atoms with Crippen molar-refractivity contribution in [1.82, 2.24) is 5.43 Å². The van der Waals surface area contributed by atoms with E-state index in [2.05, 4.69) is 10.5 Å². The first kappa shape index (κ1) is 17.3. The number of phenolic OH excluding ortho intramolecular Hbond substituents is 2. The maximum absolute atomic E-state index is 11.9. The smallest absolute Gasteiger partial charge is 0.257 e. The molecular weight excluding hydrogens is 310 g/mol. The Morgan fingerprint density at radius 1 is 1.29 bits per heavy atom. The summed E-state index contributed by atoms with van der Waals surface area (Å²) in [6.45, 7) is 0. The quantitative estimate of drug-likeness (QED) is 0.468. The van der Waals surface area contributed by atoms with Crippen molar-refractivity contribution in [3.63, 3.8) is 0 Å². The number of carbonyl (C=O) groups excluding carboxylic acids is 1. The third-order valence-electron chi connectivity index (χ3n) is 3.32. The second-order valence-corrected chi connectivity index (χ2v) is 5.14. The number of hydrogen-bond donors (Lipinski definition) is 4. The Kier molecular flexibility index (Phi) is 5.75. The number of hydrogen-bond acceptors (Lipinski definition) is 6. The number of ether oxygens (including phenoxy) is 1. The van der Waals surface area contributed by atoms with Gasteiger partial charge in [0.05, 0.1) is 19.4 Å². The monoisotopic (exact) mass is 329 g/mol. The summed E-state index contributed by atoms with van der Waals surface area (Å²) in [5, 5.41) is 22.6. The molecule has 5 N–H and O–H groups in total. The van der Waals surface area contributed by atoms with Crippen molar-refractivity contribution in [2.24, 2.45) is 10.8 Å². The molecule has 2 aromatic carbocycles. The minimum absolute atomic E-state index is 0.0228. The van der Waals surface area contributed by atoms with Crippen molar-refractivity contribution >= 4 is 12.1 Å². The van der Waals surface area contributed by atoms with Gasteiger partial charge in [-0.1, -0.05) is 12.1 Å². The highest BCUT2D eigenvalue weighted by Gasteiger charge is 2.13. The Balaban J connectivity index is 1.90. The molecule has 0 unspecified atom stereocenters. The van der Waals surface area contributed by atoms with Gasteiger partial charge in [-0.15, -0.1) is 0 Å². The summed E-state index contributed by atoms with van der Waals surface area (Å²) in [5.41, 5.74) is 9.68. The first-order valence-electron chi connectivity index (χ1n) is 7.23. The maximum atomic E-state index is 11.9. The number of methoxy groups -OCH3 is 1. The van der Waals surface area contributed by atoms with Crippen LogP contribution in [0.3, 0.4) is 0 Å². The van der Waals surface area contributed by atoms with Crippen molar-refractivity contribution in [1.29, 1.82) is 0 Å². The number of hydrazone groups is 1. The van der Waals surface area contributed by atoms with Gasteiger partial charge in [-0.2, -0.15) is 5.10 Å². The molecule has 0 spiro atoms. The van der Waals surface area contributed by atoms with E-state index in [9.17, 15) is 15.0 Å². The van der Waals surface area contributed by atoms with Crippen molar-refractivity contribution < 1.29 is 19.7 Å². The number of amides is 1. The molecule has 24 heavy (non-hydrogen) atoms. The van der Waals surface area contributed by atoms with E-state index < -0.39 is 11.9 Å². The van der Waals surface area contributed by atoms with Gasteiger partial charge >= 0.3 is 0 Å². The molecule has 0 bridgehead atoms. The van der Waals surface area contributed by atoms with Crippen LogP contribution in [0.4, 0.5) is 0 Å². The Labute approximate surface area is 139 Å². The van der Waals surface area contributed by atoms with Crippen LogP contribution in [0.5, 0.6) is 17.2 Å². The number of carbonyl (C=O) groups is 1. The van der Waals surface area contributed by atoms with Crippen LogP contribution in [-0.4, -0.2) is 35.5 Å². The van der Waals surface area contributed by atoms with Crippen LogP contribution < -0.4 is 15.9 Å². The van der Waals surface area contributed by atoms with Crippen LogP contribution in [0.15, 0.2) is 47.6 Å². The number of benzene rings is 2. The molecule has 1 atom stereocenters. The lowest BCUT2D eigenvalue weighted by Crippen LogP contribution is -2.39. The number of aromatic hydroxyl groups is 2. The Morgan fingerprint density at radius 3 is 2.67 bits per heavy atom. The van der Waals surface area contributed by atoms with Gasteiger partial charge in [-0.25, -0.2) is 5.43 Å². The number of nitrogens with one attached hydrogen (secondary N) is 1. The van der Waals surface area contributed by atoms with Crippen molar-refractivity contribution in [2.75, 3.05) is 7.11 Å². The SMILES string of the molecule is COc1cc(/C=N/NC(=O)[C@H](N)Cc2ccc(O)cc2)ccc1O. The van der Waals surface area contributed by atoms with Gasteiger partial charge in [0.2, 0.25) is 0 Å². The fraction of sp³-hybridized carbons (Fsp3) is 0.176. The van der Waals surface area contributed by atoms with E-state index in [0.29, 0.717) is 17.7 Å². The second-order valence-electron chi connectivity index (χ2n) is 5.14. The van der Waals surface area contributed by atoms with E-state index in [-0.39, 0.29) is 11.5 Å². The summed E-state index contributed by atoms with van der Waals surface area (Å²) in [5.74, 6) is 0.0691. The van der Waals surface area contributed by atoms with Gasteiger partial charge in [0.15, 0.2) is 11.5 Å². The fourth-order valence-corrected chi connectivity index (χ4v) is 2.01. The highest BCUT2D eigenvalue weighted by atomic mass is 16.5. The summed E-state index contributed by atoms with van der Waals surface area (Å²) >= 11 is 0. The van der Waals surface area contributed by atoms with Crippen LogP contribution in [0.2, 0.25) is 0 Å². The molecule has 0 heterocycles. The fourth-order valence-electron chi connectivity index (χ4n) is 2.01. The molecule has 0 aromatic heterocycles. The predicted octanol–water partition coefficient (Wildman–Crippen LogP) is 1.13. The predicted molar refractivity (Wildman–Crippen MR) is 90.2 cm³/mol. The molecule has 0 saturated heterocycles. The summed E-state index contributed by atoms with van der Waals surface area (Å²) in [6, 6.07) is 10.4. The van der Waals surface area contributed by atoms with Gasteiger partial charge in [0, 0.05) is 0 Å². The molecule has 7 nitrogen and oxygen atoms in total. The highest BCUT2D eigenvalue weighted by molar-refractivity contribution is 5.85. The largest absolute Gasteiger partial charge is 0.508 e. The molecule has 126 valence electrons. The van der Waals surface area contributed by atoms with Crippen LogP contribution >= 0.6 is 0 Å². The molecular formula is C17H19N3O4. The van der Waals surface area contributed by atoms with Crippen LogP contribution in [-0.2, 0) is 11.2 Å². The van der Waals surface area contributed by atoms with E-state index in [0.717, 1.165) is 5.56 Å². The summed E-state index contributed by atoms with van der Waals surface area (Å²) in [7, 11) is 1.44. The number of nitrogens with two attached hydrogens (primary N) is 1. The zero-order valence-corrected chi connectivity index (χ0v) is 13.1. The molecule has 0 radical (unpaired) electrons. The number of phenols is 2. The minimum atomic E-state index is -0.763. The molecule has 7 heteroatoms. The zero-order chi connectivity index (χ0) is 17.5. The summed E-state index contributed by atoms with van der Waals surface area (Å²) in [6.07, 6.45) is 1.75. The lowest BCUT2D eigenvalue weighted by atomic mass is 10.1. The van der Waals surface area contributed by atoms with Crippen molar-refractivity contribution in [2.45, 2.75) is 12.5 Å². The maximum Gasteiger partial charge on any atom is 0.257 e. The molecule has 0 fully saturated rings. The van der Waals surface area contributed by atoms with E-state index in [1.165, 1.54) is 31.5 Å². The van der Waals surface area contributed by atoms with Crippen molar-refractivity contribution in [3.05, 3.63) is 53.6 Å². The van der Waals surface area contributed by atoms with E-state index in [1.54, 1.807) is 24.3 Å². The normalized spacial score (nSPS) is 12.1. The Bertz CT molecular complexity index is 729. The lowest BCUT2D eigenvalue weighted by molar-refractivity contribution is -0.122. The topological polar surface area (TPSA) is 117 Å². The lowest BCUT2D eigenvalue weighted by Gasteiger charge is -2.09. The highest BCUT2D eigenvalue weighted by Crippen LogP contribution is 2.25. The van der Waals surface area contributed by atoms with Crippen LogP contribution in [0, 0.1) is 0 Å². The van der Waals surface area contributed by atoms with E-state index >= 15 is 0 Å². The first-order chi connectivity index (χ1) is 11.5. The first-order valence-corrected chi connectivity index (χ1v) is 7.23. The van der Waals surface area contributed by atoms with Crippen LogP contribution in [0.1, 0.15) is 11.1 Å². The van der Waals surface area contributed by atoms with Crippen molar-refractivity contribution in [3.8, 4) is 17.2 Å². The number of nitrogens with zero attached hydrogens (tertiary/aromatic N) is 1. The Hall–Kier alpha value is -3.06. The van der Waals surface area contributed by atoms with E-state index in [1.807, 2.05) is 0 Å². The molecule has 0 aliphatic rings. The third kappa shape index (κ3) is 4.72. The molecule has 0 aliphatic heterocycles. The van der Waals surface area contributed by atoms with Gasteiger partial charge < -0.3 is 20.7 Å². The average Bonchev–Trinajstić information content (AvgIpc) is 2.58. The summed E-state index contributed by atoms with van der Waals surface area (Å²) in [4.78, 5) is 11.9. The molecule has 0 aliphatic carbocycles.